The van der Waals surface area contributed by atoms with Crippen LogP contribution in [0, 0.1) is 18.8 Å². The lowest BCUT2D eigenvalue weighted by molar-refractivity contribution is -0.131. The van der Waals surface area contributed by atoms with E-state index in [-0.39, 0.29) is 11.8 Å². The fourth-order valence-corrected chi connectivity index (χ4v) is 6.66. The zero-order valence-electron chi connectivity index (χ0n) is 19.2. The first-order valence-electron chi connectivity index (χ1n) is 12.0. The Balaban J connectivity index is 1.56. The molecular formula is C31H23NO3. The number of amides is 2. The molecule has 4 atom stereocenters. The molecule has 3 aliphatic heterocycles. The summed E-state index contributed by atoms with van der Waals surface area (Å²) in [4.78, 5) is 30.1. The van der Waals surface area contributed by atoms with Crippen molar-refractivity contribution in [3.8, 4) is 0 Å². The zero-order chi connectivity index (χ0) is 23.8. The number of imide groups is 1. The third-order valence-corrected chi connectivity index (χ3v) is 7.99. The van der Waals surface area contributed by atoms with Crippen molar-refractivity contribution in [3.63, 3.8) is 0 Å². The summed E-state index contributed by atoms with van der Waals surface area (Å²) in [5, 5.41) is 0. The van der Waals surface area contributed by atoms with E-state index < -0.39 is 23.0 Å². The van der Waals surface area contributed by atoms with Gasteiger partial charge in [0.2, 0.25) is 11.8 Å². The number of carbonyl (C=O) groups is 2. The van der Waals surface area contributed by atoms with E-state index in [4.69, 9.17) is 4.74 Å². The molecule has 3 heterocycles. The van der Waals surface area contributed by atoms with Crippen molar-refractivity contribution < 1.29 is 14.3 Å². The lowest BCUT2D eigenvalue weighted by Gasteiger charge is -2.34. The number of aryl methyl sites for hydroxylation is 1. The van der Waals surface area contributed by atoms with Crippen LogP contribution in [-0.4, -0.2) is 11.8 Å². The molecular weight excluding hydrogens is 434 g/mol. The number of anilines is 1. The summed E-state index contributed by atoms with van der Waals surface area (Å²) >= 11 is 0. The Bertz CT molecular complexity index is 1410. The molecule has 4 aromatic rings. The minimum absolute atomic E-state index is 0.203. The Morgan fingerprint density at radius 3 is 1.51 bits per heavy atom. The van der Waals surface area contributed by atoms with E-state index in [1.165, 1.54) is 4.90 Å². The minimum Gasteiger partial charge on any atom is -0.348 e. The molecule has 2 bridgehead atoms. The van der Waals surface area contributed by atoms with Crippen molar-refractivity contribution >= 4 is 17.5 Å². The quantitative estimate of drug-likeness (QED) is 0.391. The van der Waals surface area contributed by atoms with Crippen molar-refractivity contribution in [1.29, 1.82) is 0 Å². The Morgan fingerprint density at radius 2 is 1.03 bits per heavy atom. The van der Waals surface area contributed by atoms with E-state index in [9.17, 15) is 9.59 Å². The molecule has 35 heavy (non-hydrogen) atoms. The fraction of sp³-hybridized carbons (Fsp3) is 0.161. The molecule has 0 unspecified atom stereocenters. The van der Waals surface area contributed by atoms with E-state index in [1.54, 1.807) is 0 Å². The molecule has 0 saturated carbocycles. The average Bonchev–Trinajstić information content (AvgIpc) is 3.50. The molecule has 170 valence electrons. The van der Waals surface area contributed by atoms with E-state index in [0.29, 0.717) is 5.69 Å². The zero-order valence-corrected chi connectivity index (χ0v) is 19.2. The van der Waals surface area contributed by atoms with Gasteiger partial charge in [-0.15, -0.1) is 0 Å². The maximum atomic E-state index is 14.3. The summed E-state index contributed by atoms with van der Waals surface area (Å²) in [6, 6.07) is 35.5. The summed E-state index contributed by atoms with van der Waals surface area (Å²) in [5.74, 6) is -1.75. The van der Waals surface area contributed by atoms with Crippen molar-refractivity contribution in [1.82, 2.24) is 0 Å². The first-order chi connectivity index (χ1) is 17.1. The molecule has 0 N–H and O–H groups in total. The third-order valence-electron chi connectivity index (χ3n) is 7.99. The highest BCUT2D eigenvalue weighted by molar-refractivity contribution is 6.24. The number of para-hydroxylation sites is 1. The summed E-state index contributed by atoms with van der Waals surface area (Å²) in [6.07, 6.45) is 0. The van der Waals surface area contributed by atoms with Gasteiger partial charge in [-0.1, -0.05) is 103 Å². The Morgan fingerprint density at radius 1 is 0.600 bits per heavy atom. The Labute approximate surface area is 203 Å². The number of hydrogen-bond donors (Lipinski definition) is 0. The van der Waals surface area contributed by atoms with Crippen LogP contribution in [-0.2, 0) is 25.5 Å². The largest absolute Gasteiger partial charge is 0.348 e. The van der Waals surface area contributed by atoms with Gasteiger partial charge >= 0.3 is 0 Å². The van der Waals surface area contributed by atoms with Gasteiger partial charge in [0.1, 0.15) is 11.2 Å². The van der Waals surface area contributed by atoms with Gasteiger partial charge < -0.3 is 4.74 Å². The average molecular weight is 458 g/mol. The maximum Gasteiger partial charge on any atom is 0.241 e. The highest BCUT2D eigenvalue weighted by Gasteiger charge is 2.78. The number of ether oxygens (including phenoxy) is 1. The first-order valence-corrected chi connectivity index (χ1v) is 12.0. The first kappa shape index (κ1) is 20.4. The fourth-order valence-electron chi connectivity index (χ4n) is 6.66. The minimum atomic E-state index is -1.05. The van der Waals surface area contributed by atoms with E-state index in [2.05, 4.69) is 12.1 Å². The van der Waals surface area contributed by atoms with E-state index >= 15 is 0 Å². The van der Waals surface area contributed by atoms with Crippen molar-refractivity contribution in [2.24, 2.45) is 11.8 Å². The normalized spacial score (nSPS) is 28.3. The lowest BCUT2D eigenvalue weighted by Crippen LogP contribution is -2.42. The van der Waals surface area contributed by atoms with Crippen molar-refractivity contribution in [2.45, 2.75) is 18.1 Å². The van der Waals surface area contributed by atoms with Crippen LogP contribution in [0.5, 0.6) is 0 Å². The number of carbonyl (C=O) groups excluding carboxylic acids is 2. The molecule has 3 aliphatic rings. The number of hydrogen-bond acceptors (Lipinski definition) is 3. The van der Waals surface area contributed by atoms with Crippen molar-refractivity contribution in [2.75, 3.05) is 4.90 Å². The molecule has 2 amide bonds. The summed E-state index contributed by atoms with van der Waals surface area (Å²) in [7, 11) is 0. The molecule has 0 aromatic heterocycles. The smallest absolute Gasteiger partial charge is 0.241 e. The highest BCUT2D eigenvalue weighted by atomic mass is 16.5. The molecule has 0 aliphatic carbocycles. The second kappa shape index (κ2) is 7.00. The van der Waals surface area contributed by atoms with Crippen LogP contribution in [0.4, 0.5) is 5.69 Å². The summed E-state index contributed by atoms with van der Waals surface area (Å²) in [5.41, 5.74) is 3.14. The van der Waals surface area contributed by atoms with Gasteiger partial charge in [0, 0.05) is 0 Å². The third kappa shape index (κ3) is 2.35. The predicted octanol–water partition coefficient (Wildman–Crippen LogP) is 5.33. The summed E-state index contributed by atoms with van der Waals surface area (Å²) in [6.45, 7) is 1.93. The second-order valence-electron chi connectivity index (χ2n) is 9.60. The SMILES string of the molecule is Cc1ccccc1N1C(=O)[C@@H]2[C@H](C1=O)[C@@]1(c3ccccc3)O[C@]2(c2ccccc2)c2ccccc21. The number of nitrogens with zero attached hydrogens (tertiary/aromatic N) is 1. The molecule has 4 nitrogen and oxygen atoms in total. The van der Waals surface area contributed by atoms with Gasteiger partial charge in [-0.05, 0) is 40.8 Å². The van der Waals surface area contributed by atoms with Gasteiger partial charge in [0.15, 0.2) is 0 Å². The van der Waals surface area contributed by atoms with Crippen LogP contribution >= 0.6 is 0 Å². The standard InChI is InChI=1S/C31H23NO3/c1-20-12-8-11-19-25(20)32-28(33)26-27(29(32)34)31(22-15-6-3-7-16-22)24-18-10-9-17-23(24)30(26,35-31)21-13-4-2-5-14-21/h2-19,26-27H,1H3/t26-,27+,30+,31-. The monoisotopic (exact) mass is 457 g/mol. The molecule has 7 rings (SSSR count). The molecule has 4 aromatic carbocycles. The molecule has 0 spiro atoms. The number of fused-ring (bicyclic) bond motifs is 8. The van der Waals surface area contributed by atoms with Gasteiger partial charge in [-0.3, -0.25) is 9.59 Å². The molecule has 2 saturated heterocycles. The highest BCUT2D eigenvalue weighted by Crippen LogP contribution is 2.70. The van der Waals surface area contributed by atoms with E-state index in [1.807, 2.05) is 104 Å². The van der Waals surface area contributed by atoms with Crippen LogP contribution < -0.4 is 4.90 Å². The number of rotatable bonds is 3. The van der Waals surface area contributed by atoms with Gasteiger partial charge in [-0.25, -0.2) is 4.90 Å². The van der Waals surface area contributed by atoms with Crippen LogP contribution in [0.3, 0.4) is 0 Å². The topological polar surface area (TPSA) is 46.6 Å². The lowest BCUT2D eigenvalue weighted by atomic mass is 9.61. The van der Waals surface area contributed by atoms with E-state index in [0.717, 1.165) is 27.8 Å². The second-order valence-corrected chi connectivity index (χ2v) is 9.60. The maximum absolute atomic E-state index is 14.3. The van der Waals surface area contributed by atoms with Crippen LogP contribution in [0.15, 0.2) is 109 Å². The Kier molecular flexibility index (Phi) is 4.07. The molecule has 0 radical (unpaired) electrons. The number of benzene rings is 4. The molecule has 2 fully saturated rings. The molecule has 4 heteroatoms. The van der Waals surface area contributed by atoms with Crippen LogP contribution in [0.2, 0.25) is 0 Å². The summed E-state index contributed by atoms with van der Waals surface area (Å²) < 4.78 is 7.14. The van der Waals surface area contributed by atoms with Gasteiger partial charge in [0.05, 0.1) is 17.5 Å². The predicted molar refractivity (Wildman–Crippen MR) is 133 cm³/mol. The Hall–Kier alpha value is -4.02. The van der Waals surface area contributed by atoms with Gasteiger partial charge in [-0.2, -0.15) is 0 Å². The van der Waals surface area contributed by atoms with Crippen LogP contribution in [0.25, 0.3) is 0 Å². The van der Waals surface area contributed by atoms with Crippen LogP contribution in [0.1, 0.15) is 27.8 Å². The van der Waals surface area contributed by atoms with Gasteiger partial charge in [0.25, 0.3) is 0 Å². The van der Waals surface area contributed by atoms with Crippen molar-refractivity contribution in [3.05, 3.63) is 137 Å².